The number of anilines is 1. The van der Waals surface area contributed by atoms with Crippen LogP contribution >= 0.6 is 0 Å². The van der Waals surface area contributed by atoms with E-state index >= 15 is 0 Å². The lowest BCUT2D eigenvalue weighted by molar-refractivity contribution is 0.101. The van der Waals surface area contributed by atoms with E-state index in [2.05, 4.69) is 19.9 Å². The lowest BCUT2D eigenvalue weighted by Crippen LogP contribution is -2.14. The molecule has 0 aliphatic carbocycles. The Bertz CT molecular complexity index is 721. The largest absolute Gasteiger partial charge is 0.295 e. The van der Waals surface area contributed by atoms with Crippen molar-refractivity contribution < 1.29 is 13.2 Å². The minimum atomic E-state index is -3.80. The van der Waals surface area contributed by atoms with Crippen LogP contribution in [0.3, 0.4) is 0 Å². The quantitative estimate of drug-likeness (QED) is 0.816. The van der Waals surface area contributed by atoms with Crippen molar-refractivity contribution in [3.8, 4) is 0 Å². The van der Waals surface area contributed by atoms with Crippen LogP contribution in [-0.4, -0.2) is 29.4 Å². The average molecular weight is 280 g/mol. The summed E-state index contributed by atoms with van der Waals surface area (Å²) >= 11 is 0. The summed E-state index contributed by atoms with van der Waals surface area (Å²) in [6.45, 7) is 3.03. The monoisotopic (exact) mass is 280 g/mol. The molecule has 0 spiro atoms. The fraction of sp³-hybridized carbons (Fsp3) is 0.182. The smallest absolute Gasteiger partial charge is 0.264 e. The van der Waals surface area contributed by atoms with Crippen molar-refractivity contribution in [2.45, 2.75) is 18.7 Å². The van der Waals surface area contributed by atoms with Crippen LogP contribution in [0.2, 0.25) is 0 Å². The molecule has 2 N–H and O–H groups in total. The number of Topliss-reactive ketones (excluding diaryl/α,β-unsaturated/α-hetero) is 1. The summed E-state index contributed by atoms with van der Waals surface area (Å²) in [5.74, 6) is 0.256. The molecule has 0 radical (unpaired) electrons. The zero-order valence-electron chi connectivity index (χ0n) is 10.3. The maximum atomic E-state index is 12.1. The Labute approximate surface area is 110 Å². The number of nitrogens with one attached hydrogen (secondary N) is 2. The van der Waals surface area contributed by atoms with Crippen LogP contribution in [0.4, 0.5) is 5.95 Å². The molecule has 7 nitrogen and oxygen atoms in total. The summed E-state index contributed by atoms with van der Waals surface area (Å²) in [6.07, 6.45) is 0. The summed E-state index contributed by atoms with van der Waals surface area (Å²) in [5.41, 5.74) is 0.328. The number of aromatic amines is 1. The zero-order valence-corrected chi connectivity index (χ0v) is 11.2. The van der Waals surface area contributed by atoms with Crippen LogP contribution in [0.1, 0.15) is 23.1 Å². The minimum Gasteiger partial charge on any atom is -0.295 e. The van der Waals surface area contributed by atoms with Crippen LogP contribution < -0.4 is 4.72 Å². The number of carbonyl (C=O) groups excluding carboxylic acids is 1. The first kappa shape index (κ1) is 13.2. The van der Waals surface area contributed by atoms with Gasteiger partial charge in [0.25, 0.3) is 16.0 Å². The van der Waals surface area contributed by atoms with Gasteiger partial charge in [-0.3, -0.25) is 9.89 Å². The summed E-state index contributed by atoms with van der Waals surface area (Å²) in [4.78, 5) is 15.1. The molecule has 0 atom stereocenters. The van der Waals surface area contributed by atoms with Crippen molar-refractivity contribution in [1.29, 1.82) is 0 Å². The highest BCUT2D eigenvalue weighted by atomic mass is 32.2. The number of benzene rings is 1. The van der Waals surface area contributed by atoms with Gasteiger partial charge in [0, 0.05) is 5.56 Å². The Hall–Kier alpha value is -2.22. The second kappa shape index (κ2) is 4.81. The van der Waals surface area contributed by atoms with E-state index in [0.717, 1.165) is 0 Å². The van der Waals surface area contributed by atoms with Gasteiger partial charge in [0.1, 0.15) is 5.82 Å². The molecule has 0 unspecified atom stereocenters. The third-order valence-corrected chi connectivity index (χ3v) is 3.70. The normalized spacial score (nSPS) is 11.3. The van der Waals surface area contributed by atoms with Crippen LogP contribution in [0, 0.1) is 6.92 Å². The van der Waals surface area contributed by atoms with Gasteiger partial charge < -0.3 is 0 Å². The molecule has 1 aromatic carbocycles. The Kier molecular flexibility index (Phi) is 3.34. The number of hydrogen-bond donors (Lipinski definition) is 2. The molecule has 2 aromatic rings. The Balaban J connectivity index is 2.34. The van der Waals surface area contributed by atoms with Gasteiger partial charge in [0.15, 0.2) is 5.78 Å². The van der Waals surface area contributed by atoms with Crippen LogP contribution in [0.5, 0.6) is 0 Å². The number of sulfonamides is 1. The van der Waals surface area contributed by atoms with Crippen molar-refractivity contribution in [1.82, 2.24) is 15.2 Å². The average Bonchev–Trinajstić information content (AvgIpc) is 2.74. The summed E-state index contributed by atoms with van der Waals surface area (Å²) in [6, 6.07) is 5.77. The number of hydrogen-bond acceptors (Lipinski definition) is 5. The Morgan fingerprint density at radius 3 is 2.68 bits per heavy atom. The molecule has 1 heterocycles. The number of ketones is 1. The molecule has 0 bridgehead atoms. The van der Waals surface area contributed by atoms with Crippen LogP contribution in [0.15, 0.2) is 29.2 Å². The fourth-order valence-electron chi connectivity index (χ4n) is 1.45. The topological polar surface area (TPSA) is 105 Å². The number of H-pyrrole nitrogens is 1. The van der Waals surface area contributed by atoms with Gasteiger partial charge in [0.05, 0.1) is 4.90 Å². The lowest BCUT2D eigenvalue weighted by Gasteiger charge is -2.05. The van der Waals surface area contributed by atoms with E-state index in [1.54, 1.807) is 13.0 Å². The van der Waals surface area contributed by atoms with E-state index < -0.39 is 10.0 Å². The van der Waals surface area contributed by atoms with Crippen molar-refractivity contribution in [2.24, 2.45) is 0 Å². The fourth-order valence-corrected chi connectivity index (χ4v) is 2.44. The molecule has 0 aliphatic rings. The second-order valence-corrected chi connectivity index (χ2v) is 5.62. The summed E-state index contributed by atoms with van der Waals surface area (Å²) in [5, 5.41) is 6.22. The molecule has 0 saturated heterocycles. The van der Waals surface area contributed by atoms with Crippen LogP contribution in [-0.2, 0) is 10.0 Å². The predicted octanol–water partition coefficient (Wildman–Crippen LogP) is 1.12. The van der Waals surface area contributed by atoms with E-state index in [4.69, 9.17) is 0 Å². The molecule has 0 amide bonds. The van der Waals surface area contributed by atoms with Crippen molar-refractivity contribution in [3.05, 3.63) is 35.7 Å². The SMILES string of the molecule is CC(=O)c1cccc(S(=O)(=O)Nc2n[nH]c(C)n2)c1. The molecule has 0 fully saturated rings. The van der Waals surface area contributed by atoms with Gasteiger partial charge in [-0.1, -0.05) is 12.1 Å². The lowest BCUT2D eigenvalue weighted by atomic mass is 10.2. The van der Waals surface area contributed by atoms with Gasteiger partial charge in [-0.2, -0.15) is 4.98 Å². The first-order valence-electron chi connectivity index (χ1n) is 5.41. The number of aromatic nitrogens is 3. The van der Waals surface area contributed by atoms with E-state index in [1.807, 2.05) is 0 Å². The first-order chi connectivity index (χ1) is 8.88. The van der Waals surface area contributed by atoms with Crippen molar-refractivity contribution >= 4 is 21.8 Å². The molecule has 1 aromatic heterocycles. The number of rotatable bonds is 4. The van der Waals surface area contributed by atoms with E-state index in [9.17, 15) is 13.2 Å². The Morgan fingerprint density at radius 2 is 2.11 bits per heavy atom. The highest BCUT2D eigenvalue weighted by molar-refractivity contribution is 7.92. The van der Waals surface area contributed by atoms with E-state index in [0.29, 0.717) is 11.4 Å². The molecule has 0 aliphatic heterocycles. The molecule has 2 rings (SSSR count). The van der Waals surface area contributed by atoms with Crippen LogP contribution in [0.25, 0.3) is 0 Å². The van der Waals surface area contributed by atoms with Gasteiger partial charge in [0.2, 0.25) is 0 Å². The third-order valence-electron chi connectivity index (χ3n) is 2.37. The minimum absolute atomic E-state index is 0.0114. The summed E-state index contributed by atoms with van der Waals surface area (Å²) in [7, 11) is -3.80. The third kappa shape index (κ3) is 2.97. The summed E-state index contributed by atoms with van der Waals surface area (Å²) < 4.78 is 26.4. The van der Waals surface area contributed by atoms with Gasteiger partial charge >= 0.3 is 0 Å². The first-order valence-corrected chi connectivity index (χ1v) is 6.89. The number of aryl methyl sites for hydroxylation is 1. The second-order valence-electron chi connectivity index (χ2n) is 3.93. The Morgan fingerprint density at radius 1 is 1.37 bits per heavy atom. The number of carbonyl (C=O) groups is 1. The highest BCUT2D eigenvalue weighted by Crippen LogP contribution is 2.15. The molecular weight excluding hydrogens is 268 g/mol. The zero-order chi connectivity index (χ0) is 14.0. The van der Waals surface area contributed by atoms with Crippen molar-refractivity contribution in [3.63, 3.8) is 0 Å². The maximum absolute atomic E-state index is 12.1. The highest BCUT2D eigenvalue weighted by Gasteiger charge is 2.17. The van der Waals surface area contributed by atoms with Crippen molar-refractivity contribution in [2.75, 3.05) is 4.72 Å². The van der Waals surface area contributed by atoms with E-state index in [1.165, 1.54) is 25.1 Å². The van der Waals surface area contributed by atoms with E-state index in [-0.39, 0.29) is 16.6 Å². The molecule has 100 valence electrons. The number of nitrogens with zero attached hydrogens (tertiary/aromatic N) is 2. The van der Waals surface area contributed by atoms with Gasteiger partial charge in [-0.05, 0) is 26.0 Å². The molecule has 0 saturated carbocycles. The molecule has 8 heteroatoms. The molecular formula is C11H12N4O3S. The standard InChI is InChI=1S/C11H12N4O3S/c1-7(16)9-4-3-5-10(6-9)19(17,18)15-11-12-8(2)13-14-11/h3-6H,1-2H3,(H2,12,13,14,15). The van der Waals surface area contributed by atoms with Gasteiger partial charge in [-0.15, -0.1) is 5.10 Å². The van der Waals surface area contributed by atoms with Gasteiger partial charge in [-0.25, -0.2) is 13.1 Å². The predicted molar refractivity (Wildman–Crippen MR) is 68.4 cm³/mol. The molecule has 19 heavy (non-hydrogen) atoms. The maximum Gasteiger partial charge on any atom is 0.264 e.